The molecule has 96 valence electrons. The maximum absolute atomic E-state index is 4.32. The second-order valence-electron chi connectivity index (χ2n) is 4.38. The van der Waals surface area contributed by atoms with Gasteiger partial charge in [0, 0.05) is 18.4 Å². The number of benzene rings is 1. The van der Waals surface area contributed by atoms with Crippen LogP contribution in [0.5, 0.6) is 0 Å². The van der Waals surface area contributed by atoms with Crippen molar-refractivity contribution in [3.63, 3.8) is 0 Å². The zero-order valence-corrected chi connectivity index (χ0v) is 12.0. The predicted molar refractivity (Wildman–Crippen MR) is 76.8 cm³/mol. The lowest BCUT2D eigenvalue weighted by atomic mass is 10.1. The molecule has 1 aromatic carbocycles. The standard InChI is InChI=1S/C14H19N3S/c1-4-5-10-18-14-16-15-13(17(14)3)12-9-7-6-8-11(12)2/h6-9H,4-5,10H2,1-3H3. The third-order valence-corrected chi connectivity index (χ3v) is 4.06. The van der Waals surface area contributed by atoms with Gasteiger partial charge in [-0.3, -0.25) is 0 Å². The lowest BCUT2D eigenvalue weighted by Gasteiger charge is -2.05. The number of aromatic nitrogens is 3. The summed E-state index contributed by atoms with van der Waals surface area (Å²) in [6, 6.07) is 8.29. The van der Waals surface area contributed by atoms with Crippen molar-refractivity contribution in [2.45, 2.75) is 31.8 Å². The van der Waals surface area contributed by atoms with E-state index in [4.69, 9.17) is 0 Å². The molecule has 0 aliphatic carbocycles. The lowest BCUT2D eigenvalue weighted by Crippen LogP contribution is -1.96. The molecule has 0 aliphatic heterocycles. The monoisotopic (exact) mass is 261 g/mol. The largest absolute Gasteiger partial charge is 0.305 e. The van der Waals surface area contributed by atoms with Gasteiger partial charge in [0.2, 0.25) is 0 Å². The van der Waals surface area contributed by atoms with Crippen molar-refractivity contribution in [3.8, 4) is 11.4 Å². The second kappa shape index (κ2) is 6.05. The molecule has 1 heterocycles. The number of unbranched alkanes of at least 4 members (excludes halogenated alkanes) is 1. The van der Waals surface area contributed by atoms with Crippen molar-refractivity contribution in [3.05, 3.63) is 29.8 Å². The van der Waals surface area contributed by atoms with Crippen molar-refractivity contribution in [2.75, 3.05) is 5.75 Å². The van der Waals surface area contributed by atoms with E-state index in [0.717, 1.165) is 22.3 Å². The third-order valence-electron chi connectivity index (χ3n) is 2.95. The van der Waals surface area contributed by atoms with Gasteiger partial charge in [-0.15, -0.1) is 10.2 Å². The highest BCUT2D eigenvalue weighted by molar-refractivity contribution is 7.99. The molecule has 0 N–H and O–H groups in total. The average Bonchev–Trinajstić information content (AvgIpc) is 2.72. The smallest absolute Gasteiger partial charge is 0.191 e. The van der Waals surface area contributed by atoms with Gasteiger partial charge in [-0.1, -0.05) is 49.4 Å². The first-order valence-electron chi connectivity index (χ1n) is 6.32. The quantitative estimate of drug-likeness (QED) is 0.607. The molecule has 3 nitrogen and oxygen atoms in total. The van der Waals surface area contributed by atoms with Gasteiger partial charge >= 0.3 is 0 Å². The number of rotatable bonds is 5. The van der Waals surface area contributed by atoms with E-state index in [1.165, 1.54) is 18.4 Å². The Hall–Kier alpha value is -1.29. The first-order chi connectivity index (χ1) is 8.74. The van der Waals surface area contributed by atoms with Crippen LogP contribution in [0.3, 0.4) is 0 Å². The highest BCUT2D eigenvalue weighted by atomic mass is 32.2. The van der Waals surface area contributed by atoms with Gasteiger partial charge in [0.05, 0.1) is 0 Å². The Kier molecular flexibility index (Phi) is 4.42. The van der Waals surface area contributed by atoms with Crippen LogP contribution in [0.2, 0.25) is 0 Å². The van der Waals surface area contributed by atoms with E-state index >= 15 is 0 Å². The van der Waals surface area contributed by atoms with E-state index in [1.807, 2.05) is 19.2 Å². The first-order valence-corrected chi connectivity index (χ1v) is 7.30. The SMILES string of the molecule is CCCCSc1nnc(-c2ccccc2C)n1C. The average molecular weight is 261 g/mol. The van der Waals surface area contributed by atoms with Gasteiger partial charge in [-0.25, -0.2) is 0 Å². The van der Waals surface area contributed by atoms with Crippen molar-refractivity contribution in [1.29, 1.82) is 0 Å². The Morgan fingerprint density at radius 2 is 2.00 bits per heavy atom. The summed E-state index contributed by atoms with van der Waals surface area (Å²) < 4.78 is 2.09. The molecule has 0 bridgehead atoms. The van der Waals surface area contributed by atoms with Crippen LogP contribution in [0.25, 0.3) is 11.4 Å². The summed E-state index contributed by atoms with van der Waals surface area (Å²) >= 11 is 1.78. The molecule has 0 radical (unpaired) electrons. The summed E-state index contributed by atoms with van der Waals surface area (Å²) in [4.78, 5) is 0. The highest BCUT2D eigenvalue weighted by Crippen LogP contribution is 2.25. The van der Waals surface area contributed by atoms with E-state index in [-0.39, 0.29) is 0 Å². The van der Waals surface area contributed by atoms with Crippen LogP contribution in [0.15, 0.2) is 29.4 Å². The van der Waals surface area contributed by atoms with Crippen LogP contribution >= 0.6 is 11.8 Å². The van der Waals surface area contributed by atoms with E-state index in [0.29, 0.717) is 0 Å². The molecule has 18 heavy (non-hydrogen) atoms. The maximum atomic E-state index is 4.32. The molecular formula is C14H19N3S. The first kappa shape index (κ1) is 13.1. The van der Waals surface area contributed by atoms with E-state index in [1.54, 1.807) is 11.8 Å². The van der Waals surface area contributed by atoms with Gasteiger partial charge in [0.1, 0.15) is 0 Å². The second-order valence-corrected chi connectivity index (χ2v) is 5.44. The molecule has 0 fully saturated rings. The molecule has 4 heteroatoms. The van der Waals surface area contributed by atoms with Crippen LogP contribution in [0, 0.1) is 6.92 Å². The molecule has 0 aliphatic rings. The number of hydrogen-bond donors (Lipinski definition) is 0. The Balaban J connectivity index is 2.23. The number of nitrogens with zero attached hydrogens (tertiary/aromatic N) is 3. The van der Waals surface area contributed by atoms with Gasteiger partial charge in [-0.05, 0) is 18.9 Å². The zero-order valence-electron chi connectivity index (χ0n) is 11.2. The molecule has 0 amide bonds. The summed E-state index contributed by atoms with van der Waals surface area (Å²) in [6.07, 6.45) is 2.44. The number of thioether (sulfide) groups is 1. The van der Waals surface area contributed by atoms with Crippen molar-refractivity contribution in [2.24, 2.45) is 7.05 Å². The predicted octanol–water partition coefficient (Wildman–Crippen LogP) is 3.68. The minimum absolute atomic E-state index is 0.951. The fourth-order valence-electron chi connectivity index (χ4n) is 1.81. The maximum Gasteiger partial charge on any atom is 0.191 e. The van der Waals surface area contributed by atoms with Crippen molar-refractivity contribution in [1.82, 2.24) is 14.8 Å². The summed E-state index contributed by atoms with van der Waals surface area (Å²) in [5.74, 6) is 2.06. The minimum Gasteiger partial charge on any atom is -0.305 e. The molecule has 2 rings (SSSR count). The number of hydrogen-bond acceptors (Lipinski definition) is 3. The minimum atomic E-state index is 0.951. The summed E-state index contributed by atoms with van der Waals surface area (Å²) in [6.45, 7) is 4.31. The lowest BCUT2D eigenvalue weighted by molar-refractivity contribution is 0.790. The Morgan fingerprint density at radius 1 is 1.22 bits per heavy atom. The summed E-state index contributed by atoms with van der Waals surface area (Å²) in [5.41, 5.74) is 2.40. The molecule has 0 spiro atoms. The molecule has 0 atom stereocenters. The molecule has 0 saturated carbocycles. The highest BCUT2D eigenvalue weighted by Gasteiger charge is 2.12. The summed E-state index contributed by atoms with van der Waals surface area (Å²) in [5, 5.41) is 9.60. The van der Waals surface area contributed by atoms with Crippen LogP contribution < -0.4 is 0 Å². The van der Waals surface area contributed by atoms with E-state index in [9.17, 15) is 0 Å². The Bertz CT molecular complexity index is 520. The molecule has 0 saturated heterocycles. The normalized spacial score (nSPS) is 10.8. The van der Waals surface area contributed by atoms with Gasteiger partial charge < -0.3 is 4.57 Å². The zero-order chi connectivity index (χ0) is 13.0. The molecule has 0 unspecified atom stereocenters. The van der Waals surface area contributed by atoms with Crippen molar-refractivity contribution < 1.29 is 0 Å². The van der Waals surface area contributed by atoms with Crippen molar-refractivity contribution >= 4 is 11.8 Å². The van der Waals surface area contributed by atoms with Crippen LogP contribution in [-0.4, -0.2) is 20.5 Å². The van der Waals surface area contributed by atoms with E-state index in [2.05, 4.69) is 40.7 Å². The van der Waals surface area contributed by atoms with Crippen LogP contribution in [0.1, 0.15) is 25.3 Å². The van der Waals surface area contributed by atoms with Gasteiger partial charge in [0.15, 0.2) is 11.0 Å². The van der Waals surface area contributed by atoms with Gasteiger partial charge in [-0.2, -0.15) is 0 Å². The van der Waals surface area contributed by atoms with Gasteiger partial charge in [0.25, 0.3) is 0 Å². The Morgan fingerprint density at radius 3 is 2.72 bits per heavy atom. The molecular weight excluding hydrogens is 242 g/mol. The fourth-order valence-corrected chi connectivity index (χ4v) is 2.80. The fraction of sp³-hybridized carbons (Fsp3) is 0.429. The molecule has 1 aromatic heterocycles. The molecule has 2 aromatic rings. The van der Waals surface area contributed by atoms with E-state index < -0.39 is 0 Å². The Labute approximate surface area is 113 Å². The van der Waals surface area contributed by atoms with Crippen LogP contribution in [-0.2, 0) is 7.05 Å². The summed E-state index contributed by atoms with van der Waals surface area (Å²) in [7, 11) is 2.04. The number of aryl methyl sites for hydroxylation is 1. The van der Waals surface area contributed by atoms with Crippen LogP contribution in [0.4, 0.5) is 0 Å². The third kappa shape index (κ3) is 2.75. The topological polar surface area (TPSA) is 30.7 Å².